The summed E-state index contributed by atoms with van der Waals surface area (Å²) in [6.45, 7) is 3.97. The van der Waals surface area contributed by atoms with Gasteiger partial charge in [-0.05, 0) is 89.9 Å². The molecule has 0 aromatic carbocycles. The number of carbonyl (C=O) groups is 2. The monoisotopic (exact) mass is 662 g/mol. The van der Waals surface area contributed by atoms with Gasteiger partial charge in [-0.25, -0.2) is 0 Å². The molecule has 0 radical (unpaired) electrons. The molecule has 48 heavy (non-hydrogen) atoms. The van der Waals surface area contributed by atoms with E-state index in [1.165, 1.54) is 0 Å². The van der Waals surface area contributed by atoms with Gasteiger partial charge in [0.05, 0.1) is 0 Å². The second-order valence-corrected chi connectivity index (χ2v) is 11.6. The van der Waals surface area contributed by atoms with Gasteiger partial charge in [-0.3, -0.25) is 9.59 Å². The molecule has 0 saturated carbocycles. The first kappa shape index (κ1) is 44.6. The van der Waals surface area contributed by atoms with Crippen LogP contribution >= 0.6 is 0 Å². The highest BCUT2D eigenvalue weighted by molar-refractivity contribution is 5.69. The maximum atomic E-state index is 11.9. The molecule has 0 fully saturated rings. The van der Waals surface area contributed by atoms with E-state index >= 15 is 0 Å². The van der Waals surface area contributed by atoms with Gasteiger partial charge in [0, 0.05) is 12.8 Å². The van der Waals surface area contributed by atoms with E-state index in [9.17, 15) is 14.7 Å². The highest BCUT2D eigenvalue weighted by Crippen LogP contribution is 2.08. The average molecular weight is 663 g/mol. The fourth-order valence-corrected chi connectivity index (χ4v) is 4.29. The summed E-state index contributed by atoms with van der Waals surface area (Å²) in [5, 5.41) is 9.99. The van der Waals surface area contributed by atoms with Crippen molar-refractivity contribution in [1.82, 2.24) is 0 Å². The summed E-state index contributed by atoms with van der Waals surface area (Å²) in [6, 6.07) is 0. The third-order valence-electron chi connectivity index (χ3n) is 7.00. The smallest absolute Gasteiger partial charge is 0.305 e. The molecule has 0 spiro atoms. The lowest BCUT2D eigenvalue weighted by Gasteiger charge is -2.12. The van der Waals surface area contributed by atoms with Gasteiger partial charge >= 0.3 is 11.9 Å². The zero-order valence-electron chi connectivity index (χ0n) is 30.2. The van der Waals surface area contributed by atoms with Gasteiger partial charge in [0.15, 0.2) is 0 Å². The van der Waals surface area contributed by atoms with Crippen LogP contribution < -0.4 is 0 Å². The Labute approximate surface area is 293 Å². The molecule has 0 saturated heterocycles. The number of aliphatic hydroxyl groups excluding tert-OH is 1. The SMILES string of the molecule is CC/C=C\C/C=C\C/C=C\C/C=C\C/C=C\CCCC(=O)OC[C@H](O)COC(=O)CCCCCC/C=C\C/C=C\C/C=C\C/C=C\CC. The van der Waals surface area contributed by atoms with E-state index in [1.807, 2.05) is 0 Å². The van der Waals surface area contributed by atoms with Crippen LogP contribution in [0.15, 0.2) is 109 Å². The molecule has 0 amide bonds. The lowest BCUT2D eigenvalue weighted by molar-refractivity contribution is -0.152. The number of allylic oxidation sites excluding steroid dienone is 18. The molecule has 0 aliphatic rings. The van der Waals surface area contributed by atoms with Crippen LogP contribution in [0.25, 0.3) is 0 Å². The molecule has 0 aliphatic carbocycles. The second kappa shape index (κ2) is 38.0. The number of esters is 2. The van der Waals surface area contributed by atoms with Gasteiger partial charge < -0.3 is 14.6 Å². The maximum Gasteiger partial charge on any atom is 0.305 e. The van der Waals surface area contributed by atoms with Gasteiger partial charge in [0.2, 0.25) is 0 Å². The average Bonchev–Trinajstić information content (AvgIpc) is 3.09. The van der Waals surface area contributed by atoms with Crippen molar-refractivity contribution in [1.29, 1.82) is 0 Å². The Morgan fingerprint density at radius 3 is 1.15 bits per heavy atom. The first-order valence-electron chi connectivity index (χ1n) is 18.4. The summed E-state index contributed by atoms with van der Waals surface area (Å²) in [4.78, 5) is 23.9. The Bertz CT molecular complexity index is 1020. The topological polar surface area (TPSA) is 72.8 Å². The van der Waals surface area contributed by atoms with Crippen molar-refractivity contribution in [2.45, 2.75) is 136 Å². The Hall–Kier alpha value is -3.44. The number of hydrogen-bond acceptors (Lipinski definition) is 5. The first-order valence-corrected chi connectivity index (χ1v) is 18.4. The molecule has 268 valence electrons. The summed E-state index contributed by atoms with van der Waals surface area (Å²) in [5.41, 5.74) is 0. The largest absolute Gasteiger partial charge is 0.463 e. The minimum absolute atomic E-state index is 0.155. The minimum atomic E-state index is -1.00. The highest BCUT2D eigenvalue weighted by Gasteiger charge is 2.11. The first-order chi connectivity index (χ1) is 23.6. The van der Waals surface area contributed by atoms with E-state index < -0.39 is 6.10 Å². The molecule has 0 aliphatic heterocycles. The van der Waals surface area contributed by atoms with Crippen molar-refractivity contribution in [3.05, 3.63) is 109 Å². The van der Waals surface area contributed by atoms with E-state index in [-0.39, 0.29) is 25.2 Å². The molecule has 5 heteroatoms. The zero-order valence-corrected chi connectivity index (χ0v) is 30.2. The molecule has 5 nitrogen and oxygen atoms in total. The van der Waals surface area contributed by atoms with Crippen LogP contribution in [0.4, 0.5) is 0 Å². The molecule has 0 rings (SSSR count). The van der Waals surface area contributed by atoms with E-state index in [4.69, 9.17) is 9.47 Å². The fourth-order valence-electron chi connectivity index (χ4n) is 4.29. The fraction of sp³-hybridized carbons (Fsp3) is 0.535. The van der Waals surface area contributed by atoms with Crippen LogP contribution in [0.1, 0.15) is 129 Å². The number of unbranched alkanes of at least 4 members (excludes halogenated alkanes) is 5. The summed E-state index contributed by atoms with van der Waals surface area (Å²) < 4.78 is 10.3. The zero-order chi connectivity index (χ0) is 35.0. The summed E-state index contributed by atoms with van der Waals surface area (Å²) >= 11 is 0. The van der Waals surface area contributed by atoms with Gasteiger partial charge in [-0.1, -0.05) is 136 Å². The normalized spacial score (nSPS) is 13.5. The van der Waals surface area contributed by atoms with Crippen LogP contribution in [-0.4, -0.2) is 36.4 Å². The molecule has 1 atom stereocenters. The van der Waals surface area contributed by atoms with Crippen molar-refractivity contribution in [3.63, 3.8) is 0 Å². The van der Waals surface area contributed by atoms with E-state index in [0.29, 0.717) is 19.3 Å². The van der Waals surface area contributed by atoms with Crippen molar-refractivity contribution in [3.8, 4) is 0 Å². The quantitative estimate of drug-likeness (QED) is 0.0454. The van der Waals surface area contributed by atoms with E-state index in [1.54, 1.807) is 0 Å². The van der Waals surface area contributed by atoms with Crippen LogP contribution in [0.5, 0.6) is 0 Å². The highest BCUT2D eigenvalue weighted by atomic mass is 16.6. The molecule has 0 bridgehead atoms. The molecule has 0 aromatic rings. The molecular weight excluding hydrogens is 596 g/mol. The Morgan fingerprint density at radius 2 is 0.750 bits per heavy atom. The number of carbonyl (C=O) groups excluding carboxylic acids is 2. The second-order valence-electron chi connectivity index (χ2n) is 11.6. The van der Waals surface area contributed by atoms with Gasteiger partial charge in [0.25, 0.3) is 0 Å². The van der Waals surface area contributed by atoms with Crippen LogP contribution in [0.3, 0.4) is 0 Å². The maximum absolute atomic E-state index is 11.9. The van der Waals surface area contributed by atoms with Crippen molar-refractivity contribution in [2.75, 3.05) is 13.2 Å². The molecular formula is C43H66O5. The van der Waals surface area contributed by atoms with Gasteiger partial charge in [0.1, 0.15) is 19.3 Å². The molecule has 0 unspecified atom stereocenters. The predicted octanol–water partition coefficient (Wildman–Crippen LogP) is 11.5. The van der Waals surface area contributed by atoms with E-state index in [2.05, 4.69) is 123 Å². The molecule has 1 N–H and O–H groups in total. The number of rotatable bonds is 31. The predicted molar refractivity (Wildman–Crippen MR) is 205 cm³/mol. The number of aliphatic hydroxyl groups is 1. The number of hydrogen-bond donors (Lipinski definition) is 1. The van der Waals surface area contributed by atoms with Crippen LogP contribution in [0, 0.1) is 0 Å². The number of ether oxygens (including phenoxy) is 2. The minimum Gasteiger partial charge on any atom is -0.463 e. The molecule has 0 heterocycles. The van der Waals surface area contributed by atoms with Gasteiger partial charge in [-0.15, -0.1) is 0 Å². The van der Waals surface area contributed by atoms with Crippen molar-refractivity contribution >= 4 is 11.9 Å². The summed E-state index contributed by atoms with van der Waals surface area (Å²) in [5.74, 6) is -0.672. The lowest BCUT2D eigenvalue weighted by Crippen LogP contribution is -2.25. The molecule has 0 aromatic heterocycles. The van der Waals surface area contributed by atoms with Gasteiger partial charge in [-0.2, -0.15) is 0 Å². The summed E-state index contributed by atoms with van der Waals surface area (Å²) in [7, 11) is 0. The van der Waals surface area contributed by atoms with Crippen LogP contribution in [-0.2, 0) is 19.1 Å². The van der Waals surface area contributed by atoms with E-state index in [0.717, 1.165) is 96.3 Å². The third kappa shape index (κ3) is 37.0. The van der Waals surface area contributed by atoms with Crippen molar-refractivity contribution < 1.29 is 24.2 Å². The van der Waals surface area contributed by atoms with Crippen molar-refractivity contribution in [2.24, 2.45) is 0 Å². The Balaban J connectivity index is 3.64. The third-order valence-corrected chi connectivity index (χ3v) is 7.00. The summed E-state index contributed by atoms with van der Waals surface area (Å²) in [6.07, 6.45) is 54.2. The lowest BCUT2D eigenvalue weighted by atomic mass is 10.1. The van der Waals surface area contributed by atoms with Crippen LogP contribution in [0.2, 0.25) is 0 Å². The Morgan fingerprint density at radius 1 is 0.438 bits per heavy atom. The standard InChI is InChI=1S/C43H66O5/c1-3-5-7-9-11-13-15-17-19-21-23-25-27-29-31-33-35-37-42(45)47-39-41(44)40-48-43(46)38-36-34-32-30-28-26-24-22-20-18-16-14-12-10-8-6-4-2/h5-8,11-14,17-20,23-26,29,31,41,44H,3-4,9-10,15-16,21-22,27-28,30,32-40H2,1-2H3/b7-5-,8-6-,13-11-,14-12-,19-17-,20-18-,25-23-,26-24-,31-29-/t41-/m0/s1. The Kier molecular flexibility index (Phi) is 35.3.